The van der Waals surface area contributed by atoms with Gasteiger partial charge in [0, 0.05) is 31.3 Å². The molecule has 2 aliphatic rings. The Kier molecular flexibility index (Phi) is 4.10. The predicted octanol–water partition coefficient (Wildman–Crippen LogP) is 2.20. The first-order chi connectivity index (χ1) is 11.0. The van der Waals surface area contributed by atoms with Crippen molar-refractivity contribution in [2.45, 2.75) is 44.8 Å². The quantitative estimate of drug-likeness (QED) is 0.900. The van der Waals surface area contributed by atoms with Gasteiger partial charge in [0.1, 0.15) is 5.69 Å². The summed E-state index contributed by atoms with van der Waals surface area (Å²) >= 11 is 0. The largest absolute Gasteiger partial charge is 0.477 e. The molecule has 2 fully saturated rings. The van der Waals surface area contributed by atoms with E-state index in [0.717, 1.165) is 19.3 Å². The first kappa shape index (κ1) is 15.9. The van der Waals surface area contributed by atoms with Crippen LogP contribution in [0, 0.1) is 5.41 Å². The SMILES string of the molecule is CCO[C@H]1C[C@H](N(C)C(=O)c2ccc(C(=O)O)nc2)C12CCC2. The minimum atomic E-state index is -1.09. The van der Waals surface area contributed by atoms with E-state index in [-0.39, 0.29) is 29.2 Å². The molecule has 0 radical (unpaired) electrons. The number of hydrogen-bond donors (Lipinski definition) is 1. The fourth-order valence-corrected chi connectivity index (χ4v) is 3.94. The average Bonchev–Trinajstić information content (AvgIpc) is 2.48. The Labute approximate surface area is 135 Å². The molecule has 1 amide bonds. The number of nitrogens with zero attached hydrogens (tertiary/aromatic N) is 2. The Morgan fingerprint density at radius 2 is 2.17 bits per heavy atom. The van der Waals surface area contributed by atoms with Crippen LogP contribution in [0.3, 0.4) is 0 Å². The van der Waals surface area contributed by atoms with Crippen LogP contribution in [0.15, 0.2) is 18.3 Å². The monoisotopic (exact) mass is 318 g/mol. The predicted molar refractivity (Wildman–Crippen MR) is 83.4 cm³/mol. The van der Waals surface area contributed by atoms with Crippen LogP contribution in [0.1, 0.15) is 53.5 Å². The lowest BCUT2D eigenvalue weighted by Crippen LogP contribution is -2.67. The smallest absolute Gasteiger partial charge is 0.354 e. The molecule has 0 aliphatic heterocycles. The Balaban J connectivity index is 1.71. The Morgan fingerprint density at radius 3 is 2.65 bits per heavy atom. The van der Waals surface area contributed by atoms with E-state index in [1.165, 1.54) is 24.8 Å². The number of amides is 1. The van der Waals surface area contributed by atoms with Crippen LogP contribution >= 0.6 is 0 Å². The fourth-order valence-electron chi connectivity index (χ4n) is 3.94. The van der Waals surface area contributed by atoms with Crippen molar-refractivity contribution in [2.24, 2.45) is 5.41 Å². The minimum absolute atomic E-state index is 0.0558. The van der Waals surface area contributed by atoms with Gasteiger partial charge in [0.25, 0.3) is 5.91 Å². The van der Waals surface area contributed by atoms with Gasteiger partial charge in [-0.2, -0.15) is 0 Å². The lowest BCUT2D eigenvalue weighted by molar-refractivity contribution is -0.192. The third kappa shape index (κ3) is 2.51. The lowest BCUT2D eigenvalue weighted by Gasteiger charge is -2.63. The summed E-state index contributed by atoms with van der Waals surface area (Å²) in [5.41, 5.74) is 0.487. The van der Waals surface area contributed by atoms with E-state index in [1.54, 1.807) is 4.90 Å². The molecule has 1 aromatic heterocycles. The highest BCUT2D eigenvalue weighted by molar-refractivity contribution is 5.95. The maximum Gasteiger partial charge on any atom is 0.354 e. The second-order valence-electron chi connectivity index (χ2n) is 6.44. The van der Waals surface area contributed by atoms with Crippen LogP contribution in [-0.2, 0) is 4.74 Å². The van der Waals surface area contributed by atoms with Crippen molar-refractivity contribution in [3.05, 3.63) is 29.6 Å². The minimum Gasteiger partial charge on any atom is -0.477 e. The molecule has 2 atom stereocenters. The highest BCUT2D eigenvalue weighted by Crippen LogP contribution is 2.59. The maximum absolute atomic E-state index is 12.7. The summed E-state index contributed by atoms with van der Waals surface area (Å²) < 4.78 is 5.83. The van der Waals surface area contributed by atoms with E-state index in [9.17, 15) is 9.59 Å². The molecule has 0 bridgehead atoms. The van der Waals surface area contributed by atoms with Gasteiger partial charge >= 0.3 is 5.97 Å². The molecule has 0 saturated heterocycles. The van der Waals surface area contributed by atoms with Crippen molar-refractivity contribution in [1.82, 2.24) is 9.88 Å². The van der Waals surface area contributed by atoms with Crippen molar-refractivity contribution in [3.63, 3.8) is 0 Å². The summed E-state index contributed by atoms with van der Waals surface area (Å²) in [6.07, 6.45) is 5.88. The molecular weight excluding hydrogens is 296 g/mol. The van der Waals surface area contributed by atoms with Crippen molar-refractivity contribution >= 4 is 11.9 Å². The maximum atomic E-state index is 12.7. The molecule has 1 N–H and O–H groups in total. The highest BCUT2D eigenvalue weighted by Gasteiger charge is 2.60. The van der Waals surface area contributed by atoms with Crippen LogP contribution in [0.5, 0.6) is 0 Å². The summed E-state index contributed by atoms with van der Waals surface area (Å²) in [5.74, 6) is -1.20. The summed E-state index contributed by atoms with van der Waals surface area (Å²) in [6, 6.07) is 3.09. The molecule has 0 aromatic carbocycles. The summed E-state index contributed by atoms with van der Waals surface area (Å²) in [7, 11) is 1.82. The number of pyridine rings is 1. The zero-order valence-electron chi connectivity index (χ0n) is 13.5. The molecule has 6 nitrogen and oxygen atoms in total. The number of carboxylic acid groups (broad SMARTS) is 1. The lowest BCUT2D eigenvalue weighted by atomic mass is 9.50. The molecule has 3 rings (SSSR count). The van der Waals surface area contributed by atoms with Gasteiger partial charge in [-0.1, -0.05) is 6.42 Å². The second kappa shape index (κ2) is 5.92. The van der Waals surface area contributed by atoms with Gasteiger partial charge in [-0.15, -0.1) is 0 Å². The van der Waals surface area contributed by atoms with E-state index >= 15 is 0 Å². The Morgan fingerprint density at radius 1 is 1.43 bits per heavy atom. The molecule has 1 heterocycles. The van der Waals surface area contributed by atoms with Crippen LogP contribution in [0.25, 0.3) is 0 Å². The Bertz CT molecular complexity index is 610. The van der Waals surface area contributed by atoms with Gasteiger partial charge in [-0.25, -0.2) is 9.78 Å². The van der Waals surface area contributed by atoms with Crippen molar-refractivity contribution in [2.75, 3.05) is 13.7 Å². The molecule has 2 aliphatic carbocycles. The number of hydrogen-bond acceptors (Lipinski definition) is 4. The summed E-state index contributed by atoms with van der Waals surface area (Å²) in [4.78, 5) is 29.1. The van der Waals surface area contributed by atoms with Crippen molar-refractivity contribution in [1.29, 1.82) is 0 Å². The van der Waals surface area contributed by atoms with Crippen molar-refractivity contribution < 1.29 is 19.4 Å². The number of carbonyl (C=O) groups excluding carboxylic acids is 1. The first-order valence-electron chi connectivity index (χ1n) is 8.07. The van der Waals surface area contributed by atoms with E-state index in [1.807, 2.05) is 14.0 Å². The number of carboxylic acids is 1. The molecular formula is C17H22N2O4. The summed E-state index contributed by atoms with van der Waals surface area (Å²) in [6.45, 7) is 2.71. The molecule has 6 heteroatoms. The van der Waals surface area contributed by atoms with Gasteiger partial charge in [0.2, 0.25) is 0 Å². The Hall–Kier alpha value is -1.95. The molecule has 0 unspecified atom stereocenters. The normalized spacial score (nSPS) is 24.6. The number of aromatic carboxylic acids is 1. The molecule has 1 spiro atoms. The van der Waals surface area contributed by atoms with E-state index in [2.05, 4.69) is 4.98 Å². The number of aromatic nitrogens is 1. The van der Waals surface area contributed by atoms with E-state index in [0.29, 0.717) is 12.2 Å². The number of carbonyl (C=O) groups is 2. The van der Waals surface area contributed by atoms with E-state index in [4.69, 9.17) is 9.84 Å². The van der Waals surface area contributed by atoms with Crippen LogP contribution in [-0.4, -0.2) is 52.7 Å². The van der Waals surface area contributed by atoms with E-state index < -0.39 is 5.97 Å². The standard InChI is InChI=1S/C17H22N2O4/c1-3-23-14-9-13(17(14)7-4-8-17)19(2)15(20)11-5-6-12(16(21)22)18-10-11/h5-6,10,13-14H,3-4,7-9H2,1-2H3,(H,21,22)/t13-,14-/m0/s1. The zero-order valence-corrected chi connectivity index (χ0v) is 13.5. The second-order valence-corrected chi connectivity index (χ2v) is 6.44. The van der Waals surface area contributed by atoms with Gasteiger partial charge in [0.05, 0.1) is 11.7 Å². The number of ether oxygens (including phenoxy) is 1. The van der Waals surface area contributed by atoms with Crippen LogP contribution in [0.4, 0.5) is 0 Å². The third-order valence-electron chi connectivity index (χ3n) is 5.41. The van der Waals surface area contributed by atoms with Gasteiger partial charge < -0.3 is 14.7 Å². The van der Waals surface area contributed by atoms with Crippen LogP contribution in [0.2, 0.25) is 0 Å². The van der Waals surface area contributed by atoms with Gasteiger partial charge in [-0.3, -0.25) is 4.79 Å². The molecule has 23 heavy (non-hydrogen) atoms. The topological polar surface area (TPSA) is 79.7 Å². The summed E-state index contributed by atoms with van der Waals surface area (Å²) in [5, 5.41) is 8.87. The number of rotatable bonds is 5. The molecule has 2 saturated carbocycles. The van der Waals surface area contributed by atoms with Crippen LogP contribution < -0.4 is 0 Å². The zero-order chi connectivity index (χ0) is 16.6. The first-order valence-corrected chi connectivity index (χ1v) is 8.07. The molecule has 1 aromatic rings. The third-order valence-corrected chi connectivity index (χ3v) is 5.41. The van der Waals surface area contributed by atoms with Gasteiger partial charge in [-0.05, 0) is 38.3 Å². The fraction of sp³-hybridized carbons (Fsp3) is 0.588. The van der Waals surface area contributed by atoms with Gasteiger partial charge in [0.15, 0.2) is 0 Å². The van der Waals surface area contributed by atoms with Crippen molar-refractivity contribution in [3.8, 4) is 0 Å². The average molecular weight is 318 g/mol. The molecule has 124 valence electrons. The highest BCUT2D eigenvalue weighted by atomic mass is 16.5.